The molecule has 6 heteroatoms. The maximum atomic E-state index is 12.0. The SMILES string of the molecule is O=C(NCc1ccco1)c1cnc(-c2ccc(Cl)cc2)nc1. The number of carbonyl (C=O) groups excluding carboxylic acids is 1. The van der Waals surface area contributed by atoms with Crippen molar-refractivity contribution in [3.05, 3.63) is 71.4 Å². The summed E-state index contributed by atoms with van der Waals surface area (Å²) in [6.07, 6.45) is 4.55. The monoisotopic (exact) mass is 313 g/mol. The van der Waals surface area contributed by atoms with E-state index in [1.807, 2.05) is 12.1 Å². The van der Waals surface area contributed by atoms with E-state index < -0.39 is 0 Å². The zero-order valence-electron chi connectivity index (χ0n) is 11.5. The summed E-state index contributed by atoms with van der Waals surface area (Å²) < 4.78 is 5.15. The molecule has 0 saturated heterocycles. The smallest absolute Gasteiger partial charge is 0.254 e. The molecule has 22 heavy (non-hydrogen) atoms. The molecule has 0 unspecified atom stereocenters. The second kappa shape index (κ2) is 6.41. The molecule has 0 aliphatic rings. The molecule has 0 spiro atoms. The first kappa shape index (κ1) is 14.3. The van der Waals surface area contributed by atoms with Crippen LogP contribution in [0, 0.1) is 0 Å². The van der Waals surface area contributed by atoms with Gasteiger partial charge in [-0.25, -0.2) is 9.97 Å². The van der Waals surface area contributed by atoms with Crippen molar-refractivity contribution >= 4 is 17.5 Å². The molecule has 5 nitrogen and oxygen atoms in total. The Balaban J connectivity index is 1.68. The number of hydrogen-bond donors (Lipinski definition) is 1. The summed E-state index contributed by atoms with van der Waals surface area (Å²) >= 11 is 5.84. The topological polar surface area (TPSA) is 68.0 Å². The Labute approximate surface area is 132 Å². The van der Waals surface area contributed by atoms with E-state index in [-0.39, 0.29) is 5.91 Å². The quantitative estimate of drug-likeness (QED) is 0.802. The van der Waals surface area contributed by atoms with Crippen LogP contribution in [0.1, 0.15) is 16.1 Å². The molecule has 1 amide bonds. The van der Waals surface area contributed by atoms with E-state index in [9.17, 15) is 4.79 Å². The fraction of sp³-hybridized carbons (Fsp3) is 0.0625. The van der Waals surface area contributed by atoms with E-state index >= 15 is 0 Å². The summed E-state index contributed by atoms with van der Waals surface area (Å²) in [5.74, 6) is 0.977. The lowest BCUT2D eigenvalue weighted by atomic mass is 10.2. The van der Waals surface area contributed by atoms with Crippen LogP contribution in [0.25, 0.3) is 11.4 Å². The normalized spacial score (nSPS) is 10.4. The first-order chi connectivity index (χ1) is 10.7. The number of amides is 1. The lowest BCUT2D eigenvalue weighted by Crippen LogP contribution is -2.22. The highest BCUT2D eigenvalue weighted by atomic mass is 35.5. The molecule has 2 aromatic heterocycles. The van der Waals surface area contributed by atoms with Crippen LogP contribution in [0.4, 0.5) is 0 Å². The molecule has 0 radical (unpaired) electrons. The van der Waals surface area contributed by atoms with Gasteiger partial charge in [-0.15, -0.1) is 0 Å². The van der Waals surface area contributed by atoms with Crippen molar-refractivity contribution in [2.75, 3.05) is 0 Å². The predicted octanol–water partition coefficient (Wildman–Crippen LogP) is 3.32. The van der Waals surface area contributed by atoms with Crippen LogP contribution < -0.4 is 5.32 Å². The molecule has 3 aromatic rings. The van der Waals surface area contributed by atoms with Gasteiger partial charge >= 0.3 is 0 Å². The Kier molecular flexibility index (Phi) is 4.16. The number of hydrogen-bond acceptors (Lipinski definition) is 4. The van der Waals surface area contributed by atoms with Gasteiger partial charge in [-0.05, 0) is 36.4 Å². The van der Waals surface area contributed by atoms with E-state index in [4.69, 9.17) is 16.0 Å². The number of nitrogens with zero attached hydrogens (tertiary/aromatic N) is 2. The van der Waals surface area contributed by atoms with Gasteiger partial charge in [0.05, 0.1) is 18.4 Å². The number of benzene rings is 1. The van der Waals surface area contributed by atoms with E-state index in [1.54, 1.807) is 30.5 Å². The minimum absolute atomic E-state index is 0.251. The van der Waals surface area contributed by atoms with E-state index in [2.05, 4.69) is 15.3 Å². The van der Waals surface area contributed by atoms with Crippen molar-refractivity contribution in [3.8, 4) is 11.4 Å². The summed E-state index contributed by atoms with van der Waals surface area (Å²) in [5.41, 5.74) is 1.23. The third-order valence-electron chi connectivity index (χ3n) is 3.02. The van der Waals surface area contributed by atoms with E-state index in [1.165, 1.54) is 12.4 Å². The van der Waals surface area contributed by atoms with Crippen LogP contribution in [-0.2, 0) is 6.54 Å². The highest BCUT2D eigenvalue weighted by Gasteiger charge is 2.08. The average molecular weight is 314 g/mol. The number of furan rings is 1. The minimum Gasteiger partial charge on any atom is -0.467 e. The number of nitrogens with one attached hydrogen (secondary N) is 1. The van der Waals surface area contributed by atoms with Gasteiger partial charge in [0.1, 0.15) is 5.76 Å². The molecule has 2 heterocycles. The van der Waals surface area contributed by atoms with Crippen molar-refractivity contribution in [2.24, 2.45) is 0 Å². The summed E-state index contributed by atoms with van der Waals surface area (Å²) in [7, 11) is 0. The summed E-state index contributed by atoms with van der Waals surface area (Å²) in [6, 6.07) is 10.8. The Morgan fingerprint density at radius 1 is 1.14 bits per heavy atom. The summed E-state index contributed by atoms with van der Waals surface area (Å²) in [4.78, 5) is 20.4. The average Bonchev–Trinajstić information content (AvgIpc) is 3.07. The number of carbonyl (C=O) groups is 1. The van der Waals surface area contributed by atoms with E-state index in [0.29, 0.717) is 28.7 Å². The van der Waals surface area contributed by atoms with Crippen LogP contribution in [0.3, 0.4) is 0 Å². The van der Waals surface area contributed by atoms with Crippen LogP contribution in [0.2, 0.25) is 5.02 Å². The summed E-state index contributed by atoms with van der Waals surface area (Å²) in [5, 5.41) is 3.39. The summed E-state index contributed by atoms with van der Waals surface area (Å²) in [6.45, 7) is 0.324. The molecule has 0 bridgehead atoms. The predicted molar refractivity (Wildman–Crippen MR) is 82.4 cm³/mol. The zero-order chi connectivity index (χ0) is 15.4. The number of rotatable bonds is 4. The van der Waals surface area contributed by atoms with Gasteiger partial charge in [-0.3, -0.25) is 4.79 Å². The van der Waals surface area contributed by atoms with Crippen LogP contribution in [0.15, 0.2) is 59.5 Å². The number of aromatic nitrogens is 2. The second-order valence-electron chi connectivity index (χ2n) is 4.56. The highest BCUT2D eigenvalue weighted by Crippen LogP contribution is 2.17. The van der Waals surface area contributed by atoms with Crippen LogP contribution in [-0.4, -0.2) is 15.9 Å². The van der Waals surface area contributed by atoms with Gasteiger partial charge in [0.25, 0.3) is 5.91 Å². The van der Waals surface area contributed by atoms with Crippen molar-refractivity contribution < 1.29 is 9.21 Å². The first-order valence-electron chi connectivity index (χ1n) is 6.61. The molecule has 1 N–H and O–H groups in total. The first-order valence-corrected chi connectivity index (χ1v) is 6.99. The zero-order valence-corrected chi connectivity index (χ0v) is 12.2. The van der Waals surface area contributed by atoms with E-state index in [0.717, 1.165) is 5.56 Å². The highest BCUT2D eigenvalue weighted by molar-refractivity contribution is 6.30. The molecule has 1 aromatic carbocycles. The largest absolute Gasteiger partial charge is 0.467 e. The van der Waals surface area contributed by atoms with Crippen molar-refractivity contribution in [3.63, 3.8) is 0 Å². The maximum absolute atomic E-state index is 12.0. The molecule has 0 fully saturated rings. The Hall–Kier alpha value is -2.66. The third kappa shape index (κ3) is 3.32. The lowest BCUT2D eigenvalue weighted by Gasteiger charge is -2.04. The number of halogens is 1. The molecule has 0 saturated carbocycles. The van der Waals surface area contributed by atoms with Crippen molar-refractivity contribution in [1.29, 1.82) is 0 Å². The van der Waals surface area contributed by atoms with Crippen molar-refractivity contribution in [2.45, 2.75) is 6.54 Å². The molecule has 0 atom stereocenters. The van der Waals surface area contributed by atoms with Gasteiger partial charge in [0.15, 0.2) is 5.82 Å². The van der Waals surface area contributed by atoms with Gasteiger partial charge in [-0.1, -0.05) is 11.6 Å². The van der Waals surface area contributed by atoms with Gasteiger partial charge in [0, 0.05) is 23.0 Å². The Morgan fingerprint density at radius 2 is 1.86 bits per heavy atom. The third-order valence-corrected chi connectivity index (χ3v) is 3.27. The Morgan fingerprint density at radius 3 is 2.50 bits per heavy atom. The molecule has 0 aliphatic carbocycles. The Bertz CT molecular complexity index is 753. The lowest BCUT2D eigenvalue weighted by molar-refractivity contribution is 0.0947. The maximum Gasteiger partial charge on any atom is 0.254 e. The molecule has 0 aliphatic heterocycles. The van der Waals surface area contributed by atoms with Crippen molar-refractivity contribution in [1.82, 2.24) is 15.3 Å². The van der Waals surface area contributed by atoms with Gasteiger partial charge in [-0.2, -0.15) is 0 Å². The van der Waals surface area contributed by atoms with Crippen LogP contribution >= 0.6 is 11.6 Å². The second-order valence-corrected chi connectivity index (χ2v) is 5.00. The molecular formula is C16H12ClN3O2. The fourth-order valence-corrected chi connectivity index (χ4v) is 2.00. The molecule has 110 valence electrons. The van der Waals surface area contributed by atoms with Gasteiger partial charge < -0.3 is 9.73 Å². The fourth-order valence-electron chi connectivity index (χ4n) is 1.88. The molecular weight excluding hydrogens is 302 g/mol. The van der Waals surface area contributed by atoms with Crippen LogP contribution in [0.5, 0.6) is 0 Å². The molecule has 3 rings (SSSR count). The minimum atomic E-state index is -0.251. The van der Waals surface area contributed by atoms with Gasteiger partial charge in [0.2, 0.25) is 0 Å². The standard InChI is InChI=1S/C16H12ClN3O2/c17-13-5-3-11(4-6-13)15-18-8-12(9-19-15)16(21)20-10-14-2-1-7-22-14/h1-9H,10H2,(H,20,21).